The molecule has 0 fully saturated rings. The molecule has 0 unspecified atom stereocenters. The first-order chi connectivity index (χ1) is 5.13. The number of ether oxygens (including phenoxy) is 1. The number of rotatable bonds is 3. The van der Waals surface area contributed by atoms with Crippen molar-refractivity contribution < 1.29 is 18.3 Å². The van der Waals surface area contributed by atoms with Gasteiger partial charge in [0.25, 0.3) is 6.08 Å². The average Bonchev–Trinajstić information content (AvgIpc) is 1.88. The topological polar surface area (TPSA) is 26.3 Å². The number of carbonyl (C=O) groups is 1. The molecule has 0 aromatic heterocycles. The van der Waals surface area contributed by atoms with Crippen molar-refractivity contribution in [2.45, 2.75) is 20.3 Å². The zero-order valence-corrected chi connectivity index (χ0v) is 6.49. The minimum absolute atomic E-state index is 0.00116. The van der Waals surface area contributed by atoms with Gasteiger partial charge < -0.3 is 4.74 Å². The van der Waals surface area contributed by atoms with Crippen molar-refractivity contribution in [1.29, 1.82) is 0 Å². The van der Waals surface area contributed by atoms with Gasteiger partial charge in [-0.15, -0.1) is 0 Å². The number of carbonyl (C=O) groups excluding carboxylic acids is 1. The van der Waals surface area contributed by atoms with Crippen molar-refractivity contribution in [3.05, 3.63) is 11.7 Å². The van der Waals surface area contributed by atoms with Gasteiger partial charge in [-0.3, -0.25) is 0 Å². The van der Waals surface area contributed by atoms with Crippen molar-refractivity contribution in [3.8, 4) is 0 Å². The molecular weight excluding hydrogens is 154 g/mol. The molecule has 0 N–H and O–H groups in total. The molecule has 0 saturated heterocycles. The van der Waals surface area contributed by atoms with Gasteiger partial charge in [-0.2, -0.15) is 8.78 Å². The van der Waals surface area contributed by atoms with Crippen LogP contribution in [0, 0.1) is 0 Å². The van der Waals surface area contributed by atoms with Crippen LogP contribution < -0.4 is 0 Å². The van der Waals surface area contributed by atoms with Crippen LogP contribution in [0.4, 0.5) is 8.78 Å². The quantitative estimate of drug-likeness (QED) is 0.471. The van der Waals surface area contributed by atoms with Crippen LogP contribution in [0.5, 0.6) is 0 Å². The maximum absolute atomic E-state index is 11.9. The largest absolute Gasteiger partial charge is 0.462 e. The first-order valence-corrected chi connectivity index (χ1v) is 3.34. The molecule has 0 rings (SSSR count). The molecule has 0 amide bonds. The van der Waals surface area contributed by atoms with E-state index in [9.17, 15) is 13.6 Å². The monoisotopic (exact) mass is 164 g/mol. The van der Waals surface area contributed by atoms with E-state index in [1.54, 1.807) is 6.92 Å². The van der Waals surface area contributed by atoms with E-state index in [2.05, 4.69) is 4.74 Å². The molecule has 0 atom stereocenters. The van der Waals surface area contributed by atoms with Crippen LogP contribution in [0.25, 0.3) is 0 Å². The minimum atomic E-state index is -1.95. The molecule has 0 heterocycles. The Labute approximate surface area is 63.8 Å². The van der Waals surface area contributed by atoms with Crippen LogP contribution in [-0.4, -0.2) is 12.6 Å². The third kappa shape index (κ3) is 3.11. The Morgan fingerprint density at radius 2 is 1.91 bits per heavy atom. The summed E-state index contributed by atoms with van der Waals surface area (Å²) in [5, 5.41) is 0. The molecule has 0 aliphatic rings. The van der Waals surface area contributed by atoms with Gasteiger partial charge >= 0.3 is 5.97 Å². The lowest BCUT2D eigenvalue weighted by Crippen LogP contribution is -2.07. The zero-order valence-electron chi connectivity index (χ0n) is 6.49. The molecule has 64 valence electrons. The SMILES string of the molecule is CCOC(=O)C(CC)=C(F)F. The fraction of sp³-hybridized carbons (Fsp3) is 0.571. The Morgan fingerprint density at radius 3 is 2.18 bits per heavy atom. The lowest BCUT2D eigenvalue weighted by atomic mass is 10.2. The van der Waals surface area contributed by atoms with E-state index in [-0.39, 0.29) is 13.0 Å². The van der Waals surface area contributed by atoms with Crippen molar-refractivity contribution in [3.63, 3.8) is 0 Å². The summed E-state index contributed by atoms with van der Waals surface area (Å²) >= 11 is 0. The number of hydrogen-bond acceptors (Lipinski definition) is 2. The van der Waals surface area contributed by atoms with Crippen LogP contribution in [0.3, 0.4) is 0 Å². The normalized spacial score (nSPS) is 9.09. The third-order valence-corrected chi connectivity index (χ3v) is 1.10. The molecule has 4 heteroatoms. The molecule has 0 bridgehead atoms. The van der Waals surface area contributed by atoms with Crippen LogP contribution >= 0.6 is 0 Å². The van der Waals surface area contributed by atoms with Gasteiger partial charge in [0.05, 0.1) is 6.61 Å². The van der Waals surface area contributed by atoms with Gasteiger partial charge in [0, 0.05) is 0 Å². The van der Waals surface area contributed by atoms with Gasteiger partial charge in [0.2, 0.25) is 0 Å². The second-order valence-electron chi connectivity index (χ2n) is 1.81. The summed E-state index contributed by atoms with van der Waals surface area (Å²) in [5.41, 5.74) is -0.535. The summed E-state index contributed by atoms with van der Waals surface area (Å²) in [6.07, 6.45) is -1.95. The van der Waals surface area contributed by atoms with E-state index in [0.717, 1.165) is 0 Å². The summed E-state index contributed by atoms with van der Waals surface area (Å²) in [6, 6.07) is 0. The molecule has 0 spiro atoms. The van der Waals surface area contributed by atoms with Crippen LogP contribution in [0.1, 0.15) is 20.3 Å². The summed E-state index contributed by atoms with van der Waals surface area (Å²) in [6.45, 7) is 3.17. The Bertz CT molecular complexity index is 171. The number of hydrogen-bond donors (Lipinski definition) is 0. The maximum atomic E-state index is 11.9. The van der Waals surface area contributed by atoms with Crippen LogP contribution in [-0.2, 0) is 9.53 Å². The molecular formula is C7H10F2O2. The van der Waals surface area contributed by atoms with Gasteiger partial charge in [0.1, 0.15) is 5.57 Å². The van der Waals surface area contributed by atoms with Crippen LogP contribution in [0.15, 0.2) is 11.7 Å². The van der Waals surface area contributed by atoms with Gasteiger partial charge in [-0.1, -0.05) is 6.92 Å². The van der Waals surface area contributed by atoms with E-state index in [0.29, 0.717) is 0 Å². The van der Waals surface area contributed by atoms with Crippen molar-refractivity contribution >= 4 is 5.97 Å². The molecule has 2 nitrogen and oxygen atoms in total. The van der Waals surface area contributed by atoms with E-state index >= 15 is 0 Å². The Kier molecular flexibility index (Phi) is 4.41. The fourth-order valence-corrected chi connectivity index (χ4v) is 0.573. The highest BCUT2D eigenvalue weighted by Crippen LogP contribution is 2.12. The predicted octanol–water partition coefficient (Wildman–Crippen LogP) is 2.11. The number of esters is 1. The van der Waals surface area contributed by atoms with Crippen molar-refractivity contribution in [1.82, 2.24) is 0 Å². The number of halogens is 2. The van der Waals surface area contributed by atoms with E-state index in [4.69, 9.17) is 0 Å². The second-order valence-corrected chi connectivity index (χ2v) is 1.81. The lowest BCUT2D eigenvalue weighted by Gasteiger charge is -2.01. The minimum Gasteiger partial charge on any atom is -0.462 e. The molecule has 0 saturated carbocycles. The van der Waals surface area contributed by atoms with E-state index in [1.807, 2.05) is 0 Å². The summed E-state index contributed by atoms with van der Waals surface area (Å²) in [7, 11) is 0. The zero-order chi connectivity index (χ0) is 8.85. The van der Waals surface area contributed by atoms with Crippen molar-refractivity contribution in [2.24, 2.45) is 0 Å². The smallest absolute Gasteiger partial charge is 0.339 e. The first-order valence-electron chi connectivity index (χ1n) is 3.34. The molecule has 0 aliphatic carbocycles. The highest BCUT2D eigenvalue weighted by atomic mass is 19.3. The summed E-state index contributed by atoms with van der Waals surface area (Å²) < 4.78 is 28.1. The predicted molar refractivity (Wildman–Crippen MR) is 36.2 cm³/mol. The van der Waals surface area contributed by atoms with Gasteiger partial charge in [0.15, 0.2) is 0 Å². The van der Waals surface area contributed by atoms with E-state index in [1.165, 1.54) is 6.92 Å². The molecule has 0 aromatic rings. The third-order valence-electron chi connectivity index (χ3n) is 1.10. The summed E-state index contributed by atoms with van der Waals surface area (Å²) in [5.74, 6) is -0.921. The Balaban J connectivity index is 4.28. The average molecular weight is 164 g/mol. The van der Waals surface area contributed by atoms with Gasteiger partial charge in [-0.05, 0) is 13.3 Å². The highest BCUT2D eigenvalue weighted by molar-refractivity contribution is 5.88. The molecule has 11 heavy (non-hydrogen) atoms. The van der Waals surface area contributed by atoms with Crippen molar-refractivity contribution in [2.75, 3.05) is 6.61 Å². The Morgan fingerprint density at radius 1 is 1.36 bits per heavy atom. The lowest BCUT2D eigenvalue weighted by molar-refractivity contribution is -0.138. The van der Waals surface area contributed by atoms with Gasteiger partial charge in [-0.25, -0.2) is 4.79 Å². The van der Waals surface area contributed by atoms with E-state index < -0.39 is 17.6 Å². The standard InChI is InChI=1S/C7H10F2O2/c1-3-5(6(8)9)7(10)11-4-2/h3-4H2,1-2H3. The highest BCUT2D eigenvalue weighted by Gasteiger charge is 2.14. The molecule has 0 aromatic carbocycles. The molecule has 0 aliphatic heterocycles. The summed E-state index contributed by atoms with van der Waals surface area (Å²) in [4.78, 5) is 10.7. The Hall–Kier alpha value is -0.930. The maximum Gasteiger partial charge on any atom is 0.339 e. The molecule has 0 radical (unpaired) electrons. The fourth-order valence-electron chi connectivity index (χ4n) is 0.573. The second kappa shape index (κ2) is 4.82. The van der Waals surface area contributed by atoms with Crippen LogP contribution in [0.2, 0.25) is 0 Å². The first kappa shape index (κ1) is 10.1.